The Morgan fingerprint density at radius 1 is 1.06 bits per heavy atom. The van der Waals surface area contributed by atoms with Crippen LogP contribution in [0.3, 0.4) is 0 Å². The number of fused-ring (bicyclic) bond motifs is 2. The molecule has 0 aliphatic carbocycles. The number of hydrogen-bond acceptors (Lipinski definition) is 4. The number of imidazole rings is 1. The number of hydrogen-bond donors (Lipinski definition) is 1. The predicted molar refractivity (Wildman–Crippen MR) is 133 cm³/mol. The molecule has 0 bridgehead atoms. The van der Waals surface area contributed by atoms with Gasteiger partial charge >= 0.3 is 0 Å². The number of nitrogens with one attached hydrogen (secondary N) is 1. The lowest BCUT2D eigenvalue weighted by molar-refractivity contribution is -0.121. The maximum atomic E-state index is 12.6. The van der Waals surface area contributed by atoms with Crippen molar-refractivity contribution in [3.63, 3.8) is 0 Å². The first-order valence-electron chi connectivity index (χ1n) is 11.3. The van der Waals surface area contributed by atoms with E-state index in [2.05, 4.69) is 43.7 Å². The van der Waals surface area contributed by atoms with Crippen LogP contribution in [0.15, 0.2) is 73.1 Å². The number of benzene rings is 2. The molecule has 1 N–H and O–H groups in total. The third-order valence-electron chi connectivity index (χ3n) is 6.10. The van der Waals surface area contributed by atoms with Gasteiger partial charge in [0.15, 0.2) is 5.65 Å². The predicted octanol–water partition coefficient (Wildman–Crippen LogP) is 4.23. The number of amides is 1. The molecule has 0 saturated carbocycles. The van der Waals surface area contributed by atoms with Crippen LogP contribution in [-0.2, 0) is 31.4 Å². The number of pyridine rings is 1. The van der Waals surface area contributed by atoms with E-state index in [-0.39, 0.29) is 5.91 Å². The van der Waals surface area contributed by atoms with Gasteiger partial charge in [-0.05, 0) is 59.0 Å². The monoisotopic (exact) mass is 453 g/mol. The molecular weight excluding hydrogens is 426 g/mol. The largest absolute Gasteiger partial charge is 0.497 e. The SMILES string of the molecule is COc1ccc(Cn2c(CCC(=O)NCc3ccc4c(ccn4C)c3)nc3cccnc32)cc1. The van der Waals surface area contributed by atoms with E-state index < -0.39 is 0 Å². The summed E-state index contributed by atoms with van der Waals surface area (Å²) in [6.45, 7) is 1.14. The highest BCUT2D eigenvalue weighted by Gasteiger charge is 2.14. The van der Waals surface area contributed by atoms with Gasteiger partial charge in [-0.3, -0.25) is 4.79 Å². The first-order valence-corrected chi connectivity index (χ1v) is 11.3. The molecule has 1 amide bonds. The molecule has 0 spiro atoms. The second-order valence-electron chi connectivity index (χ2n) is 8.40. The van der Waals surface area contributed by atoms with Gasteiger partial charge in [0, 0.05) is 44.3 Å². The molecule has 3 aromatic heterocycles. The first kappa shape index (κ1) is 21.7. The Morgan fingerprint density at radius 3 is 2.71 bits per heavy atom. The lowest BCUT2D eigenvalue weighted by atomic mass is 10.1. The standard InChI is InChI=1S/C27H27N5O2/c1-31-15-13-21-16-20(7-10-24(21)31)17-29-26(33)12-11-25-30-23-4-3-14-28-27(23)32(25)18-19-5-8-22(34-2)9-6-19/h3-10,13-16H,11-12,17-18H2,1-2H3,(H,29,33). The molecule has 0 aliphatic heterocycles. The maximum absolute atomic E-state index is 12.6. The average Bonchev–Trinajstić information content (AvgIpc) is 3.41. The zero-order chi connectivity index (χ0) is 23.5. The van der Waals surface area contributed by atoms with E-state index in [1.54, 1.807) is 13.3 Å². The van der Waals surface area contributed by atoms with E-state index in [0.29, 0.717) is 25.9 Å². The van der Waals surface area contributed by atoms with Crippen LogP contribution in [0.5, 0.6) is 5.75 Å². The molecule has 3 heterocycles. The second-order valence-corrected chi connectivity index (χ2v) is 8.40. The van der Waals surface area contributed by atoms with Crippen LogP contribution >= 0.6 is 0 Å². The summed E-state index contributed by atoms with van der Waals surface area (Å²) >= 11 is 0. The number of carbonyl (C=O) groups excluding carboxylic acids is 1. The average molecular weight is 454 g/mol. The van der Waals surface area contributed by atoms with E-state index in [4.69, 9.17) is 9.72 Å². The fraction of sp³-hybridized carbons (Fsp3) is 0.222. The highest BCUT2D eigenvalue weighted by atomic mass is 16.5. The van der Waals surface area contributed by atoms with Crippen LogP contribution in [0.2, 0.25) is 0 Å². The van der Waals surface area contributed by atoms with Gasteiger partial charge in [0.25, 0.3) is 0 Å². The first-order chi connectivity index (χ1) is 16.6. The normalized spacial score (nSPS) is 11.2. The number of aromatic nitrogens is 4. The van der Waals surface area contributed by atoms with Gasteiger partial charge in [0.05, 0.1) is 13.7 Å². The van der Waals surface area contributed by atoms with Gasteiger partial charge in [0.1, 0.15) is 17.1 Å². The molecule has 172 valence electrons. The second kappa shape index (κ2) is 9.39. The van der Waals surface area contributed by atoms with Crippen molar-refractivity contribution in [2.75, 3.05) is 7.11 Å². The molecule has 7 heteroatoms. The zero-order valence-corrected chi connectivity index (χ0v) is 19.4. The minimum Gasteiger partial charge on any atom is -0.497 e. The van der Waals surface area contributed by atoms with E-state index in [1.165, 1.54) is 10.9 Å². The summed E-state index contributed by atoms with van der Waals surface area (Å²) < 4.78 is 9.44. The summed E-state index contributed by atoms with van der Waals surface area (Å²) in [4.78, 5) is 21.9. The molecule has 7 nitrogen and oxygen atoms in total. The van der Waals surface area contributed by atoms with E-state index in [9.17, 15) is 4.79 Å². The Labute approximate surface area is 198 Å². The van der Waals surface area contributed by atoms with Gasteiger partial charge in [-0.1, -0.05) is 18.2 Å². The Morgan fingerprint density at radius 2 is 1.88 bits per heavy atom. The molecule has 34 heavy (non-hydrogen) atoms. The van der Waals surface area contributed by atoms with Crippen LogP contribution in [0.25, 0.3) is 22.1 Å². The topological polar surface area (TPSA) is 74.0 Å². The van der Waals surface area contributed by atoms with Gasteiger partial charge in [-0.15, -0.1) is 0 Å². The Kier molecular flexibility index (Phi) is 5.99. The maximum Gasteiger partial charge on any atom is 0.220 e. The fourth-order valence-corrected chi connectivity index (χ4v) is 4.23. The van der Waals surface area contributed by atoms with Gasteiger partial charge < -0.3 is 19.2 Å². The molecule has 5 aromatic rings. The third kappa shape index (κ3) is 4.50. The van der Waals surface area contributed by atoms with E-state index in [0.717, 1.165) is 33.9 Å². The van der Waals surface area contributed by atoms with E-state index >= 15 is 0 Å². The molecule has 0 atom stereocenters. The minimum atomic E-state index is 0.00386. The van der Waals surface area contributed by atoms with Crippen LogP contribution in [0.4, 0.5) is 0 Å². The Bertz CT molecular complexity index is 1450. The van der Waals surface area contributed by atoms with Crippen LogP contribution in [0, 0.1) is 0 Å². The Hall–Kier alpha value is -4.13. The van der Waals surface area contributed by atoms with E-state index in [1.807, 2.05) is 49.6 Å². The number of rotatable bonds is 8. The molecule has 0 saturated heterocycles. The van der Waals surface area contributed by atoms with Crippen molar-refractivity contribution in [1.82, 2.24) is 24.4 Å². The molecule has 5 rings (SSSR count). The summed E-state index contributed by atoms with van der Waals surface area (Å²) in [6.07, 6.45) is 4.71. The summed E-state index contributed by atoms with van der Waals surface area (Å²) in [7, 11) is 3.69. The number of ether oxygens (including phenoxy) is 1. The van der Waals surface area contributed by atoms with Gasteiger partial charge in [-0.25, -0.2) is 9.97 Å². The zero-order valence-electron chi connectivity index (χ0n) is 19.4. The quantitative estimate of drug-likeness (QED) is 0.382. The fourth-order valence-electron chi connectivity index (χ4n) is 4.23. The number of nitrogens with zero attached hydrogens (tertiary/aromatic N) is 4. The molecule has 0 radical (unpaired) electrons. The van der Waals surface area contributed by atoms with Crippen LogP contribution < -0.4 is 10.1 Å². The van der Waals surface area contributed by atoms with Crippen molar-refractivity contribution in [1.29, 1.82) is 0 Å². The number of methoxy groups -OCH3 is 1. The molecular formula is C27H27N5O2. The smallest absolute Gasteiger partial charge is 0.220 e. The molecule has 0 unspecified atom stereocenters. The van der Waals surface area contributed by atoms with Crippen molar-refractivity contribution in [3.8, 4) is 5.75 Å². The van der Waals surface area contributed by atoms with Gasteiger partial charge in [0.2, 0.25) is 5.91 Å². The van der Waals surface area contributed by atoms with Crippen LogP contribution in [-0.4, -0.2) is 32.1 Å². The molecule has 0 aliphatic rings. The summed E-state index contributed by atoms with van der Waals surface area (Å²) in [5.74, 6) is 1.68. The van der Waals surface area contributed by atoms with Crippen molar-refractivity contribution in [2.24, 2.45) is 7.05 Å². The van der Waals surface area contributed by atoms with Crippen molar-refractivity contribution < 1.29 is 9.53 Å². The van der Waals surface area contributed by atoms with Crippen molar-refractivity contribution in [2.45, 2.75) is 25.9 Å². The van der Waals surface area contributed by atoms with Gasteiger partial charge in [-0.2, -0.15) is 0 Å². The number of aryl methyl sites for hydroxylation is 2. The summed E-state index contributed by atoms with van der Waals surface area (Å²) in [6, 6.07) is 20.2. The van der Waals surface area contributed by atoms with Crippen LogP contribution in [0.1, 0.15) is 23.4 Å². The molecule has 2 aromatic carbocycles. The number of carbonyl (C=O) groups is 1. The highest BCUT2D eigenvalue weighted by Crippen LogP contribution is 2.19. The Balaban J connectivity index is 1.27. The van der Waals surface area contributed by atoms with Crippen molar-refractivity contribution >= 4 is 28.0 Å². The summed E-state index contributed by atoms with van der Waals surface area (Å²) in [5.41, 5.74) is 5.04. The molecule has 0 fully saturated rings. The lowest BCUT2D eigenvalue weighted by Gasteiger charge is -2.10. The highest BCUT2D eigenvalue weighted by molar-refractivity contribution is 5.81. The minimum absolute atomic E-state index is 0.00386. The summed E-state index contributed by atoms with van der Waals surface area (Å²) in [5, 5.41) is 4.22. The third-order valence-corrected chi connectivity index (χ3v) is 6.10. The van der Waals surface area contributed by atoms with Crippen molar-refractivity contribution in [3.05, 3.63) is 90.0 Å². The lowest BCUT2D eigenvalue weighted by Crippen LogP contribution is -2.23.